The topological polar surface area (TPSA) is 55.2 Å². The summed E-state index contributed by atoms with van der Waals surface area (Å²) in [5.41, 5.74) is 11.1. The molecule has 0 aliphatic carbocycles. The highest BCUT2D eigenvalue weighted by molar-refractivity contribution is 6.33. The van der Waals surface area contributed by atoms with Gasteiger partial charge in [0.1, 0.15) is 6.07 Å². The number of aryl methyl sites for hydroxylation is 1. The van der Waals surface area contributed by atoms with Gasteiger partial charge in [0.25, 0.3) is 0 Å². The number of piperidine rings is 2. The van der Waals surface area contributed by atoms with Gasteiger partial charge in [-0.05, 0) is 122 Å². The number of nitrogens with one attached hydrogen (secondary N) is 1. The summed E-state index contributed by atoms with van der Waals surface area (Å²) in [6.45, 7) is 8.76. The molecule has 0 spiro atoms. The van der Waals surface area contributed by atoms with Gasteiger partial charge in [-0.25, -0.2) is 0 Å². The van der Waals surface area contributed by atoms with E-state index in [1.54, 1.807) is 6.20 Å². The fourth-order valence-electron chi connectivity index (χ4n) is 7.20. The van der Waals surface area contributed by atoms with Crippen LogP contribution >= 0.6 is 11.6 Å². The SMILES string of the molecule is Cc1cc(-c2cccc(CN3CCCCC3)c2)c(Cl)cc1Nc1c(C#N)cnc2cc(-c3cccc(CN4CCCCC4)c3)ccc12. The molecule has 0 saturated carbocycles. The quantitative estimate of drug-likeness (QED) is 0.183. The van der Waals surface area contributed by atoms with Gasteiger partial charge in [0.05, 0.1) is 21.8 Å². The largest absolute Gasteiger partial charge is 0.354 e. The van der Waals surface area contributed by atoms with Gasteiger partial charge >= 0.3 is 0 Å². The molecule has 2 aliphatic heterocycles. The van der Waals surface area contributed by atoms with Crippen LogP contribution in [-0.2, 0) is 13.1 Å². The molecule has 5 aromatic rings. The average Bonchev–Trinajstić information content (AvgIpc) is 3.10. The molecule has 2 fully saturated rings. The maximum atomic E-state index is 10.1. The minimum atomic E-state index is 0.499. The van der Waals surface area contributed by atoms with Crippen molar-refractivity contribution in [2.75, 3.05) is 31.5 Å². The van der Waals surface area contributed by atoms with E-state index in [9.17, 15) is 5.26 Å². The van der Waals surface area contributed by atoms with E-state index in [-0.39, 0.29) is 0 Å². The Hall–Kier alpha value is -4.21. The fourth-order valence-corrected chi connectivity index (χ4v) is 7.48. The monoisotopic (exact) mass is 639 g/mol. The molecule has 0 atom stereocenters. The van der Waals surface area contributed by atoms with E-state index < -0.39 is 0 Å². The van der Waals surface area contributed by atoms with Crippen LogP contribution in [0.3, 0.4) is 0 Å². The van der Waals surface area contributed by atoms with Crippen LogP contribution < -0.4 is 5.32 Å². The number of halogens is 1. The highest BCUT2D eigenvalue weighted by Gasteiger charge is 2.16. The van der Waals surface area contributed by atoms with Crippen molar-refractivity contribution >= 4 is 33.9 Å². The van der Waals surface area contributed by atoms with Crippen molar-refractivity contribution in [1.29, 1.82) is 5.26 Å². The summed E-state index contributed by atoms with van der Waals surface area (Å²) < 4.78 is 0. The third-order valence-corrected chi connectivity index (χ3v) is 10.1. The zero-order chi connectivity index (χ0) is 32.2. The number of fused-ring (bicyclic) bond motifs is 1. The third-order valence-electron chi connectivity index (χ3n) is 9.77. The summed E-state index contributed by atoms with van der Waals surface area (Å²) in [6.07, 6.45) is 9.50. The van der Waals surface area contributed by atoms with Gasteiger partial charge in [-0.15, -0.1) is 0 Å². The first-order chi connectivity index (χ1) is 23.0. The van der Waals surface area contributed by atoms with Crippen LogP contribution in [0.25, 0.3) is 33.2 Å². The van der Waals surface area contributed by atoms with Gasteiger partial charge in [-0.3, -0.25) is 14.8 Å². The van der Waals surface area contributed by atoms with Crippen molar-refractivity contribution < 1.29 is 0 Å². The van der Waals surface area contributed by atoms with Crippen molar-refractivity contribution in [3.05, 3.63) is 112 Å². The summed E-state index contributed by atoms with van der Waals surface area (Å²) in [4.78, 5) is 9.80. The maximum Gasteiger partial charge on any atom is 0.103 e. The Bertz CT molecular complexity index is 1930. The van der Waals surface area contributed by atoms with Gasteiger partial charge in [0.2, 0.25) is 0 Å². The molecule has 2 aliphatic rings. The molecule has 0 amide bonds. The zero-order valence-corrected chi connectivity index (χ0v) is 28.0. The molecule has 2 saturated heterocycles. The number of rotatable bonds is 8. The van der Waals surface area contributed by atoms with Crippen molar-refractivity contribution in [1.82, 2.24) is 14.8 Å². The van der Waals surface area contributed by atoms with E-state index in [0.29, 0.717) is 10.6 Å². The Balaban J connectivity index is 1.15. The molecule has 7 rings (SSSR count). The number of hydrogen-bond donors (Lipinski definition) is 1. The summed E-state index contributed by atoms with van der Waals surface area (Å²) >= 11 is 6.97. The lowest BCUT2D eigenvalue weighted by atomic mass is 9.98. The lowest BCUT2D eigenvalue weighted by Gasteiger charge is -2.26. The van der Waals surface area contributed by atoms with Crippen LogP contribution in [0, 0.1) is 18.3 Å². The summed E-state index contributed by atoms with van der Waals surface area (Å²) in [5, 5.41) is 15.2. The van der Waals surface area contributed by atoms with Gasteiger partial charge in [0, 0.05) is 35.9 Å². The molecule has 6 heteroatoms. The Labute approximate surface area is 283 Å². The molecule has 1 N–H and O–H groups in total. The second-order valence-electron chi connectivity index (χ2n) is 13.2. The Morgan fingerprint density at radius 2 is 1.36 bits per heavy atom. The molecule has 5 nitrogen and oxygen atoms in total. The maximum absolute atomic E-state index is 10.1. The second kappa shape index (κ2) is 14.3. The minimum absolute atomic E-state index is 0.499. The summed E-state index contributed by atoms with van der Waals surface area (Å²) in [7, 11) is 0. The molecule has 4 aromatic carbocycles. The number of benzene rings is 4. The number of nitrogens with zero attached hydrogens (tertiary/aromatic N) is 4. The predicted octanol–water partition coefficient (Wildman–Crippen LogP) is 10.1. The smallest absolute Gasteiger partial charge is 0.103 e. The number of hydrogen-bond acceptors (Lipinski definition) is 5. The molecular formula is C41H42ClN5. The van der Waals surface area contributed by atoms with Crippen molar-refractivity contribution in [3.8, 4) is 28.3 Å². The van der Waals surface area contributed by atoms with E-state index in [2.05, 4.69) is 101 Å². The van der Waals surface area contributed by atoms with Crippen molar-refractivity contribution in [2.24, 2.45) is 0 Å². The van der Waals surface area contributed by atoms with Crippen LogP contribution in [0.2, 0.25) is 5.02 Å². The Morgan fingerprint density at radius 1 is 0.745 bits per heavy atom. The number of pyridine rings is 1. The zero-order valence-electron chi connectivity index (χ0n) is 27.2. The Kier molecular flexibility index (Phi) is 9.54. The first-order valence-corrected chi connectivity index (χ1v) is 17.5. The van der Waals surface area contributed by atoms with Gasteiger partial charge in [0.15, 0.2) is 0 Å². The lowest BCUT2D eigenvalue weighted by Crippen LogP contribution is -2.29. The van der Waals surface area contributed by atoms with Gasteiger partial charge < -0.3 is 5.32 Å². The number of likely N-dealkylation sites (tertiary alicyclic amines) is 2. The highest BCUT2D eigenvalue weighted by atomic mass is 35.5. The molecule has 0 bridgehead atoms. The van der Waals surface area contributed by atoms with Crippen LogP contribution in [0.5, 0.6) is 0 Å². The first kappa shape index (κ1) is 31.4. The van der Waals surface area contributed by atoms with Crippen LogP contribution in [0.4, 0.5) is 11.4 Å². The summed E-state index contributed by atoms with van der Waals surface area (Å²) in [6, 6.07) is 30.4. The lowest BCUT2D eigenvalue weighted by molar-refractivity contribution is 0.221. The van der Waals surface area contributed by atoms with E-state index in [4.69, 9.17) is 16.6 Å². The molecule has 3 heterocycles. The van der Waals surface area contributed by atoms with Gasteiger partial charge in [-0.2, -0.15) is 5.26 Å². The normalized spacial score (nSPS) is 15.9. The van der Waals surface area contributed by atoms with Crippen molar-refractivity contribution in [2.45, 2.75) is 58.5 Å². The van der Waals surface area contributed by atoms with Gasteiger partial charge in [-0.1, -0.05) is 73.0 Å². The fraction of sp³-hybridized carbons (Fsp3) is 0.317. The molecule has 1 aromatic heterocycles. The average molecular weight is 640 g/mol. The molecule has 238 valence electrons. The number of anilines is 2. The van der Waals surface area contributed by atoms with Crippen LogP contribution in [0.1, 0.15) is 60.8 Å². The van der Waals surface area contributed by atoms with E-state index in [1.165, 1.54) is 81.4 Å². The van der Waals surface area contributed by atoms with Crippen LogP contribution in [-0.4, -0.2) is 41.0 Å². The molecular weight excluding hydrogens is 598 g/mol. The predicted molar refractivity (Wildman–Crippen MR) is 195 cm³/mol. The second-order valence-corrected chi connectivity index (χ2v) is 13.6. The van der Waals surface area contributed by atoms with E-state index in [1.807, 2.05) is 6.07 Å². The van der Waals surface area contributed by atoms with E-state index >= 15 is 0 Å². The highest BCUT2D eigenvalue weighted by Crippen LogP contribution is 2.37. The minimum Gasteiger partial charge on any atom is -0.354 e. The number of aromatic nitrogens is 1. The Morgan fingerprint density at radius 3 is 2.02 bits per heavy atom. The van der Waals surface area contributed by atoms with Crippen LogP contribution in [0.15, 0.2) is 85.1 Å². The molecule has 0 unspecified atom stereocenters. The molecule has 47 heavy (non-hydrogen) atoms. The van der Waals surface area contributed by atoms with Crippen molar-refractivity contribution in [3.63, 3.8) is 0 Å². The molecule has 0 radical (unpaired) electrons. The standard InChI is InChI=1S/C41H42ClN5/c1-29-20-37(34-13-9-11-31(22-34)28-47-18-6-3-7-19-47)38(42)24-39(29)45-41-35(25-43)26-44-40-23-33(14-15-36(40)41)32-12-8-10-30(21-32)27-46-16-4-2-5-17-46/h8-15,20-24,26H,2-7,16-19,27-28H2,1H3,(H,44,45). The third kappa shape index (κ3) is 7.21. The first-order valence-electron chi connectivity index (χ1n) is 17.1. The summed E-state index contributed by atoms with van der Waals surface area (Å²) in [5.74, 6) is 0. The van der Waals surface area contributed by atoms with E-state index in [0.717, 1.165) is 57.6 Å². The number of nitriles is 1.